The lowest BCUT2D eigenvalue weighted by Crippen LogP contribution is -2.61. The molecule has 2 aliphatic rings. The summed E-state index contributed by atoms with van der Waals surface area (Å²) in [6.45, 7) is 27.4. The summed E-state index contributed by atoms with van der Waals surface area (Å²) in [5.74, 6) is 0. The number of thiophene rings is 1. The van der Waals surface area contributed by atoms with Gasteiger partial charge in [0.1, 0.15) is 0 Å². The van der Waals surface area contributed by atoms with Crippen molar-refractivity contribution in [3.63, 3.8) is 0 Å². The van der Waals surface area contributed by atoms with E-state index < -0.39 is 0 Å². The Kier molecular flexibility index (Phi) is 18.1. The molecule has 0 bridgehead atoms. The average molecular weight is 1550 g/mol. The summed E-state index contributed by atoms with van der Waals surface area (Å²) in [5.41, 5.74) is 33.6. The van der Waals surface area contributed by atoms with Crippen LogP contribution in [0.5, 0.6) is 0 Å². The van der Waals surface area contributed by atoms with E-state index in [-0.39, 0.29) is 28.4 Å². The molecular weight excluding hydrogens is 1460 g/mol. The summed E-state index contributed by atoms with van der Waals surface area (Å²) in [5, 5.41) is 4.81. The van der Waals surface area contributed by atoms with Crippen molar-refractivity contribution < 1.29 is 0 Å². The van der Waals surface area contributed by atoms with Crippen molar-refractivity contribution in [3.05, 3.63) is 386 Å². The van der Waals surface area contributed by atoms with Crippen LogP contribution in [-0.4, -0.2) is 11.3 Å². The molecule has 0 N–H and O–H groups in total. The van der Waals surface area contributed by atoms with E-state index in [0.717, 1.165) is 129 Å². The zero-order chi connectivity index (χ0) is 81.4. The molecule has 20 rings (SSSR count). The van der Waals surface area contributed by atoms with Crippen LogP contribution in [0.25, 0.3) is 92.2 Å². The maximum absolute atomic E-state index is 2.76. The van der Waals surface area contributed by atoms with E-state index >= 15 is 0 Å². The third-order valence-electron chi connectivity index (χ3n) is 24.8. The second-order valence-electron chi connectivity index (χ2n) is 36.5. The van der Waals surface area contributed by atoms with Crippen molar-refractivity contribution >= 4 is 145 Å². The molecular formula is C112H96BN5S. The quantitative estimate of drug-likeness (QED) is 0.107. The highest BCUT2D eigenvalue weighted by Gasteiger charge is 2.48. The second kappa shape index (κ2) is 28.9. The van der Waals surface area contributed by atoms with Gasteiger partial charge in [-0.05, 0) is 180 Å². The van der Waals surface area contributed by atoms with Gasteiger partial charge in [-0.15, -0.1) is 11.3 Å². The van der Waals surface area contributed by atoms with E-state index in [2.05, 4.69) is 471 Å². The van der Waals surface area contributed by atoms with Crippen LogP contribution in [0.2, 0.25) is 0 Å². The van der Waals surface area contributed by atoms with Gasteiger partial charge in [0.2, 0.25) is 0 Å². The van der Waals surface area contributed by atoms with E-state index in [1.807, 2.05) is 11.3 Å². The molecule has 119 heavy (non-hydrogen) atoms. The average Bonchev–Trinajstić information content (AvgIpc) is 1.65. The molecule has 5 nitrogen and oxygen atoms in total. The van der Waals surface area contributed by atoms with Crippen LogP contribution >= 0.6 is 11.3 Å². The fourth-order valence-electron chi connectivity index (χ4n) is 18.7. The molecule has 16 aromatic carbocycles. The fourth-order valence-corrected chi connectivity index (χ4v) is 20.0. The van der Waals surface area contributed by atoms with E-state index in [0.29, 0.717) is 0 Å². The lowest BCUT2D eigenvalue weighted by Gasteiger charge is -2.46. The lowest BCUT2D eigenvalue weighted by atomic mass is 9.33. The topological polar surface area (TPSA) is 17.9 Å². The highest BCUT2D eigenvalue weighted by atomic mass is 32.1. The van der Waals surface area contributed by atoms with Gasteiger partial charge in [-0.2, -0.15) is 0 Å². The molecule has 0 radical (unpaired) electrons. The number of hydrogen-bond donors (Lipinski definition) is 0. The molecule has 0 saturated heterocycles. The smallest absolute Gasteiger partial charge is 0.254 e. The van der Waals surface area contributed by atoms with Crippen molar-refractivity contribution in [2.24, 2.45) is 0 Å². The molecule has 0 aliphatic carbocycles. The third-order valence-corrected chi connectivity index (χ3v) is 26.0. The molecule has 2 aromatic heterocycles. The highest BCUT2D eigenvalue weighted by Crippen LogP contribution is 2.58. The fraction of sp³-hybridized carbons (Fsp3) is 0.143. The first kappa shape index (κ1) is 74.6. The van der Waals surface area contributed by atoms with Crippen molar-refractivity contribution in [3.8, 4) is 50.2 Å². The molecule has 0 saturated carbocycles. The van der Waals surface area contributed by atoms with Crippen LogP contribution in [-0.2, 0) is 21.7 Å². The van der Waals surface area contributed by atoms with Gasteiger partial charge >= 0.3 is 0 Å². The van der Waals surface area contributed by atoms with Gasteiger partial charge < -0.3 is 24.2 Å². The van der Waals surface area contributed by atoms with Gasteiger partial charge in [-0.25, -0.2) is 0 Å². The zero-order valence-corrected chi connectivity index (χ0v) is 70.7. The number of aromatic nitrogens is 1. The van der Waals surface area contributed by atoms with Gasteiger partial charge in [0.25, 0.3) is 6.71 Å². The zero-order valence-electron chi connectivity index (χ0n) is 69.9. The Morgan fingerprint density at radius 1 is 0.277 bits per heavy atom. The molecule has 7 heteroatoms. The minimum atomic E-state index is -0.382. The Morgan fingerprint density at radius 3 is 1.01 bits per heavy atom. The first-order valence-electron chi connectivity index (χ1n) is 42.0. The van der Waals surface area contributed by atoms with E-state index in [9.17, 15) is 0 Å². The molecule has 2 aliphatic heterocycles. The molecule has 0 fully saturated rings. The van der Waals surface area contributed by atoms with Crippen LogP contribution in [0, 0.1) is 0 Å². The van der Waals surface area contributed by atoms with Crippen LogP contribution < -0.4 is 36.0 Å². The molecule has 18 aromatic rings. The molecule has 4 heterocycles. The predicted molar refractivity (Wildman–Crippen MR) is 514 cm³/mol. The minimum Gasteiger partial charge on any atom is -0.310 e. The van der Waals surface area contributed by atoms with Gasteiger partial charge in [0.05, 0.1) is 33.8 Å². The summed E-state index contributed by atoms with van der Waals surface area (Å²) in [6.07, 6.45) is 0. The van der Waals surface area contributed by atoms with Crippen LogP contribution in [0.4, 0.5) is 68.2 Å². The van der Waals surface area contributed by atoms with Gasteiger partial charge in [0, 0.05) is 104 Å². The number of nitrogens with zero attached hydrogens (tertiary/aromatic N) is 5. The molecule has 0 amide bonds. The van der Waals surface area contributed by atoms with Gasteiger partial charge in [-0.3, -0.25) is 0 Å². The predicted octanol–water partition coefficient (Wildman–Crippen LogP) is 30.0. The number of fused-ring (bicyclic) bond motifs is 11. The van der Waals surface area contributed by atoms with E-state index in [4.69, 9.17) is 0 Å². The summed E-state index contributed by atoms with van der Waals surface area (Å²) in [4.78, 5) is 10.6. The third kappa shape index (κ3) is 12.9. The van der Waals surface area contributed by atoms with Crippen molar-refractivity contribution in [1.82, 2.24) is 4.57 Å². The Hall–Kier alpha value is -13.2. The van der Waals surface area contributed by atoms with Crippen molar-refractivity contribution in [2.45, 2.75) is 105 Å². The Morgan fingerprint density at radius 2 is 0.613 bits per heavy atom. The van der Waals surface area contributed by atoms with E-state index in [1.54, 1.807) is 0 Å². The van der Waals surface area contributed by atoms with Crippen LogP contribution in [0.3, 0.4) is 0 Å². The van der Waals surface area contributed by atoms with Crippen molar-refractivity contribution in [2.75, 3.05) is 19.6 Å². The maximum Gasteiger partial charge on any atom is 0.254 e. The number of hydrogen-bond acceptors (Lipinski definition) is 5. The van der Waals surface area contributed by atoms with Crippen LogP contribution in [0.1, 0.15) is 105 Å². The molecule has 0 atom stereocenters. The number of rotatable bonds is 13. The highest BCUT2D eigenvalue weighted by molar-refractivity contribution is 7.28. The lowest BCUT2D eigenvalue weighted by molar-refractivity contribution is 0.590. The SMILES string of the molecule is CC(C)(C)c1ccc(N(c2ccc(C(C)(C)C)cc2)c2ccc3c(c2)N(c2c(-c4ccccc4)cccc2-c2ccccc2)c2cc(-n4c5ccccc5c5ccccc54)cc4c2B3c2c(cc(N(c3ccc(C(C)(C)C)cc3)c3ccc(C(C)(C)C)cc3)c3c2sc2ccccc23)N4c2c(-c3ccccc3)cccc2-c2ccccc2)cc1. The largest absolute Gasteiger partial charge is 0.310 e. The molecule has 578 valence electrons. The first-order valence-corrected chi connectivity index (χ1v) is 42.8. The summed E-state index contributed by atoms with van der Waals surface area (Å²) >= 11 is 1.94. The second-order valence-corrected chi connectivity index (χ2v) is 37.5. The number of benzene rings is 16. The molecule has 0 unspecified atom stereocenters. The Balaban J connectivity index is 1.01. The standard InChI is InChI=1S/C112H96BN5S/c1-109(2,3)77-51-59-81(60-52-77)114(82-61-53-78(54-62-82)110(4,5)6)85-67-68-94-97(69-85)117(106-87(73-33-17-13-18-34-73)44-31-45-88(106)74-35-19-14-20-36-74)99-70-86(116-95-48-28-25-41-91(95)92-42-26-29-49-96(92)116)71-100-104(99)113(94)105-101(118(100)107-89(75-37-21-15-22-38-75)46-32-47-90(107)76-39-23-16-24-40-76)72-98(103-93-43-27-30-50-102(93)119-108(103)105)115(83-63-55-79(56-64-83)111(7,8)9)84-65-57-80(58-66-84)112(10,11)12/h13-72H,1-12H3. The van der Waals surface area contributed by atoms with Gasteiger partial charge in [-0.1, -0.05) is 350 Å². The maximum atomic E-state index is 2.76. The van der Waals surface area contributed by atoms with Crippen LogP contribution in [0.15, 0.2) is 364 Å². The van der Waals surface area contributed by atoms with Crippen molar-refractivity contribution in [1.29, 1.82) is 0 Å². The first-order chi connectivity index (χ1) is 57.6. The number of anilines is 12. The molecule has 0 spiro atoms. The minimum absolute atomic E-state index is 0.0656. The summed E-state index contributed by atoms with van der Waals surface area (Å²) in [7, 11) is 0. The Labute approximate surface area is 705 Å². The summed E-state index contributed by atoms with van der Waals surface area (Å²) in [6, 6.07) is 139. The van der Waals surface area contributed by atoms with E-state index in [1.165, 1.54) is 69.6 Å². The monoisotopic (exact) mass is 1550 g/mol. The Bertz CT molecular complexity index is 6620. The van der Waals surface area contributed by atoms with Gasteiger partial charge in [0.15, 0.2) is 0 Å². The number of para-hydroxylation sites is 4. The summed E-state index contributed by atoms with van der Waals surface area (Å²) < 4.78 is 5.02. The normalized spacial score (nSPS) is 12.8.